The van der Waals surface area contributed by atoms with Crippen LogP contribution in [0, 0.1) is 13.8 Å². The number of amides is 1. The number of carbonyl (C=O) groups excluding carboxylic acids is 1. The average molecular weight is 404 g/mol. The van der Waals surface area contributed by atoms with Crippen molar-refractivity contribution in [3.8, 4) is 11.1 Å². The van der Waals surface area contributed by atoms with E-state index >= 15 is 0 Å². The van der Waals surface area contributed by atoms with E-state index < -0.39 is 0 Å². The van der Waals surface area contributed by atoms with Crippen LogP contribution < -0.4 is 5.32 Å². The summed E-state index contributed by atoms with van der Waals surface area (Å²) in [7, 11) is 0. The van der Waals surface area contributed by atoms with Crippen LogP contribution in [0.4, 0.5) is 5.82 Å². The topological polar surface area (TPSA) is 68.0 Å². The van der Waals surface area contributed by atoms with Crippen molar-refractivity contribution in [2.24, 2.45) is 0 Å². The Kier molecular flexibility index (Phi) is 4.43. The highest BCUT2D eigenvalue weighted by Gasteiger charge is 2.26. The van der Waals surface area contributed by atoms with E-state index in [0.717, 1.165) is 39.9 Å². The first-order chi connectivity index (χ1) is 14.1. The Morgan fingerprint density at radius 3 is 2.69 bits per heavy atom. The third-order valence-corrected chi connectivity index (χ3v) is 6.63. The molecule has 1 aromatic carbocycles. The fourth-order valence-corrected chi connectivity index (χ4v) is 5.49. The number of aryl methyl sites for hydroxylation is 4. The first kappa shape index (κ1) is 18.1. The smallest absolute Gasteiger partial charge is 0.259 e. The zero-order chi connectivity index (χ0) is 20.0. The van der Waals surface area contributed by atoms with Gasteiger partial charge in [-0.3, -0.25) is 4.79 Å². The van der Waals surface area contributed by atoms with E-state index in [-0.39, 0.29) is 5.91 Å². The Morgan fingerprint density at radius 2 is 1.93 bits per heavy atom. The molecule has 0 bridgehead atoms. The minimum absolute atomic E-state index is 0.209. The SMILES string of the molecule is Cc1cc(NC(=O)c2c(C)nc3sc4c(c3c2-c2ccccc2)CCCC4)no1. The van der Waals surface area contributed by atoms with Crippen molar-refractivity contribution in [1.82, 2.24) is 10.1 Å². The van der Waals surface area contributed by atoms with Crippen molar-refractivity contribution in [2.75, 3.05) is 5.32 Å². The van der Waals surface area contributed by atoms with Gasteiger partial charge in [0, 0.05) is 21.9 Å². The zero-order valence-electron chi connectivity index (χ0n) is 16.4. The Morgan fingerprint density at radius 1 is 1.14 bits per heavy atom. The summed E-state index contributed by atoms with van der Waals surface area (Å²) in [5.41, 5.74) is 4.72. The van der Waals surface area contributed by atoms with Crippen molar-refractivity contribution >= 4 is 33.3 Å². The van der Waals surface area contributed by atoms with Crippen LogP contribution in [0.5, 0.6) is 0 Å². The van der Waals surface area contributed by atoms with E-state index in [4.69, 9.17) is 9.51 Å². The van der Waals surface area contributed by atoms with Gasteiger partial charge >= 0.3 is 0 Å². The minimum atomic E-state index is -0.209. The Bertz CT molecular complexity index is 1220. The van der Waals surface area contributed by atoms with Gasteiger partial charge in [-0.25, -0.2) is 4.98 Å². The van der Waals surface area contributed by atoms with Crippen molar-refractivity contribution in [3.63, 3.8) is 0 Å². The highest BCUT2D eigenvalue weighted by atomic mass is 32.1. The molecule has 1 amide bonds. The largest absolute Gasteiger partial charge is 0.360 e. The highest BCUT2D eigenvalue weighted by molar-refractivity contribution is 7.19. The number of pyridine rings is 1. The molecule has 1 aliphatic rings. The van der Waals surface area contributed by atoms with Crippen molar-refractivity contribution < 1.29 is 9.32 Å². The van der Waals surface area contributed by atoms with Gasteiger partial charge in [0.15, 0.2) is 5.82 Å². The highest BCUT2D eigenvalue weighted by Crippen LogP contribution is 2.43. The summed E-state index contributed by atoms with van der Waals surface area (Å²) in [5, 5.41) is 7.94. The van der Waals surface area contributed by atoms with Gasteiger partial charge in [0.2, 0.25) is 0 Å². The monoisotopic (exact) mass is 403 g/mol. The van der Waals surface area contributed by atoms with E-state index in [1.807, 2.05) is 25.1 Å². The molecule has 0 radical (unpaired) electrons. The number of benzene rings is 1. The molecule has 0 spiro atoms. The summed E-state index contributed by atoms with van der Waals surface area (Å²) in [6.07, 6.45) is 4.55. The lowest BCUT2D eigenvalue weighted by Gasteiger charge is -2.16. The second-order valence-corrected chi connectivity index (χ2v) is 8.56. The maximum absolute atomic E-state index is 13.3. The van der Waals surface area contributed by atoms with Gasteiger partial charge in [-0.2, -0.15) is 0 Å². The summed E-state index contributed by atoms with van der Waals surface area (Å²) in [6.45, 7) is 3.71. The maximum atomic E-state index is 13.3. The van der Waals surface area contributed by atoms with Crippen molar-refractivity contribution in [1.29, 1.82) is 0 Å². The summed E-state index contributed by atoms with van der Waals surface area (Å²) in [4.78, 5) is 20.6. The minimum Gasteiger partial charge on any atom is -0.360 e. The Hall–Kier alpha value is -2.99. The lowest BCUT2D eigenvalue weighted by molar-refractivity contribution is 0.102. The summed E-state index contributed by atoms with van der Waals surface area (Å²) >= 11 is 1.78. The second-order valence-electron chi connectivity index (χ2n) is 7.48. The van der Waals surface area contributed by atoms with Gasteiger partial charge in [-0.15, -0.1) is 11.3 Å². The number of nitrogens with zero attached hydrogens (tertiary/aromatic N) is 2. The molecule has 0 saturated carbocycles. The predicted molar refractivity (Wildman–Crippen MR) is 116 cm³/mol. The van der Waals surface area contributed by atoms with Gasteiger partial charge in [0.25, 0.3) is 5.91 Å². The molecule has 1 N–H and O–H groups in total. The molecule has 1 aliphatic carbocycles. The van der Waals surface area contributed by atoms with Crippen molar-refractivity contribution in [2.45, 2.75) is 39.5 Å². The number of thiophene rings is 1. The maximum Gasteiger partial charge on any atom is 0.259 e. The van der Waals surface area contributed by atoms with E-state index in [1.54, 1.807) is 24.3 Å². The third kappa shape index (κ3) is 3.13. The van der Waals surface area contributed by atoms with Crippen LogP contribution in [0.2, 0.25) is 0 Å². The van der Waals surface area contributed by atoms with Gasteiger partial charge in [-0.05, 0) is 50.7 Å². The molecule has 0 unspecified atom stereocenters. The normalized spacial score (nSPS) is 13.4. The molecule has 146 valence electrons. The van der Waals surface area contributed by atoms with Crippen LogP contribution in [0.1, 0.15) is 45.1 Å². The van der Waals surface area contributed by atoms with E-state index in [2.05, 4.69) is 22.6 Å². The number of hydrogen-bond acceptors (Lipinski definition) is 5. The fourth-order valence-electron chi connectivity index (χ4n) is 4.18. The third-order valence-electron chi connectivity index (χ3n) is 5.44. The standard InChI is InChI=1S/C23H21N3O2S/c1-13-12-18(26-28-13)25-22(27)19-14(2)24-23-21(16-10-6-7-11-17(16)29-23)20(19)15-8-4-3-5-9-15/h3-5,8-9,12H,6-7,10-11H2,1-2H3,(H,25,26,27). The molecule has 0 atom stereocenters. The van der Waals surface area contributed by atoms with E-state index in [0.29, 0.717) is 17.1 Å². The van der Waals surface area contributed by atoms with Gasteiger partial charge in [-0.1, -0.05) is 35.5 Å². The summed E-state index contributed by atoms with van der Waals surface area (Å²) in [6, 6.07) is 11.9. The van der Waals surface area contributed by atoms with Crippen LogP contribution >= 0.6 is 11.3 Å². The molecule has 5 rings (SSSR count). The summed E-state index contributed by atoms with van der Waals surface area (Å²) < 4.78 is 5.10. The average Bonchev–Trinajstić information content (AvgIpc) is 3.30. The van der Waals surface area contributed by atoms with Gasteiger partial charge < -0.3 is 9.84 Å². The zero-order valence-corrected chi connectivity index (χ0v) is 17.2. The molecule has 0 fully saturated rings. The second kappa shape index (κ2) is 7.12. The molecule has 29 heavy (non-hydrogen) atoms. The molecule has 0 saturated heterocycles. The molecular formula is C23H21N3O2S. The Labute approximate surface area is 172 Å². The van der Waals surface area contributed by atoms with Gasteiger partial charge in [0.05, 0.1) is 11.3 Å². The molecule has 3 heterocycles. The van der Waals surface area contributed by atoms with E-state index in [9.17, 15) is 4.79 Å². The van der Waals surface area contributed by atoms with Crippen LogP contribution in [0.15, 0.2) is 40.9 Å². The predicted octanol–water partition coefficient (Wildman–Crippen LogP) is 5.70. The van der Waals surface area contributed by atoms with Crippen LogP contribution in [0.25, 0.3) is 21.3 Å². The molecule has 0 aliphatic heterocycles. The molecule has 6 heteroatoms. The van der Waals surface area contributed by atoms with Crippen LogP contribution in [0.3, 0.4) is 0 Å². The quantitative estimate of drug-likeness (QED) is 0.476. The number of nitrogens with one attached hydrogen (secondary N) is 1. The lowest BCUT2D eigenvalue weighted by Crippen LogP contribution is -2.16. The van der Waals surface area contributed by atoms with E-state index in [1.165, 1.54) is 23.3 Å². The molecule has 5 nitrogen and oxygen atoms in total. The number of aromatic nitrogens is 2. The molecular weight excluding hydrogens is 382 g/mol. The van der Waals surface area contributed by atoms with Crippen LogP contribution in [-0.2, 0) is 12.8 Å². The number of rotatable bonds is 3. The van der Waals surface area contributed by atoms with Crippen LogP contribution in [-0.4, -0.2) is 16.0 Å². The number of fused-ring (bicyclic) bond motifs is 3. The summed E-state index contributed by atoms with van der Waals surface area (Å²) in [5.74, 6) is 0.860. The Balaban J connectivity index is 1.76. The molecule has 4 aromatic rings. The first-order valence-corrected chi connectivity index (χ1v) is 10.7. The van der Waals surface area contributed by atoms with Crippen molar-refractivity contribution in [3.05, 3.63) is 63.9 Å². The number of anilines is 1. The lowest BCUT2D eigenvalue weighted by atomic mass is 9.89. The first-order valence-electron chi connectivity index (χ1n) is 9.87. The fraction of sp³-hybridized carbons (Fsp3) is 0.261. The molecule has 3 aromatic heterocycles. The number of carbonyl (C=O) groups is 1. The van der Waals surface area contributed by atoms with Gasteiger partial charge in [0.1, 0.15) is 10.6 Å². The number of hydrogen-bond donors (Lipinski definition) is 1.